The van der Waals surface area contributed by atoms with Crippen molar-refractivity contribution in [1.29, 1.82) is 0 Å². The van der Waals surface area contributed by atoms with E-state index in [4.69, 9.17) is 31.7 Å². The van der Waals surface area contributed by atoms with Gasteiger partial charge >= 0.3 is 0 Å². The number of rotatable bonds is 15. The lowest BCUT2D eigenvalue weighted by molar-refractivity contribution is -0.661. The molecule has 5 aromatic carbocycles. The van der Waals surface area contributed by atoms with Crippen molar-refractivity contribution in [1.82, 2.24) is 24.9 Å². The SMILES string of the molecule is CCc1c[n+](C)c(-c2c(C)ccc3c2oc2nc(C)ccc23)cc1C(C)C.CCc1c[n+](C)c(-c2c(C)ccc3c2oc2ncccc23)cc1C(C)C.[2H]C([2H])(C)c1c[n+](C)c(-c2c(C)ccc3c2oc2nc(C)ccc23)cc1C(C)C.[2H]C([2H])(C)c1c[n+](C)c(-c2c(C)ccc3c2oc2nc(C)ccc23)cc1C([2H])(C)C.[2H]C([2H])(C)c1c[n+](C)c(-c2c(C)ccc3c2oc2ncccc23)cc1C(C)C. The lowest BCUT2D eigenvalue weighted by atomic mass is 9.93. The van der Waals surface area contributed by atoms with E-state index in [1.54, 1.807) is 40.1 Å². The fourth-order valence-electron chi connectivity index (χ4n) is 19.2. The minimum absolute atomic E-state index is 0.208. The molecule has 0 bridgehead atoms. The molecule has 20 rings (SSSR count). The Bertz CT molecular complexity index is 8270. The van der Waals surface area contributed by atoms with Gasteiger partial charge in [-0.3, -0.25) is 0 Å². The minimum Gasteiger partial charge on any atom is -0.437 e. The summed E-state index contributed by atoms with van der Waals surface area (Å²) in [6.45, 7) is 46.7. The number of hydrogen-bond acceptors (Lipinski definition) is 10. The second-order valence-corrected chi connectivity index (χ2v) is 37.3. The third-order valence-corrected chi connectivity index (χ3v) is 26.4. The average Bonchev–Trinajstić information content (AvgIpc) is 1.58. The lowest BCUT2D eigenvalue weighted by Crippen LogP contribution is -2.32. The van der Waals surface area contributed by atoms with Gasteiger partial charge in [-0.25, -0.2) is 47.8 Å². The van der Waals surface area contributed by atoms with Crippen LogP contribution in [-0.4, -0.2) is 24.9 Å². The van der Waals surface area contributed by atoms with Gasteiger partial charge in [-0.1, -0.05) is 165 Å². The standard InChI is InChI=1S/3C24H27N2O.2C23H25N2O/c3*1-7-17-13-26(6)21(12-20(17)14(2)3)22-15(4)8-10-18-19-11-9-16(5)25-24(19)27-23(18)22;2*1-6-16-13-25(5)20(12-19(16)14(2)3)21-15(4)9-10-17-18-8-7-11-24-23(18)26-22(17)21/h3*8-14H,7H2,1-6H3;2*7-14H,6H2,1-5H3/q5*+1/i7D2,14D;7D2;;6D2;. The smallest absolute Gasteiger partial charge is 0.227 e. The van der Waals surface area contributed by atoms with Crippen LogP contribution in [0.25, 0.3) is 167 Å². The molecule has 678 valence electrons. The van der Waals surface area contributed by atoms with Crippen LogP contribution in [0.4, 0.5) is 0 Å². The van der Waals surface area contributed by atoms with Crippen LogP contribution in [0.1, 0.15) is 244 Å². The number of aryl methyl sites for hydroxylation is 18. The number of furan rings is 5. The third kappa shape index (κ3) is 17.6. The molecule has 15 heteroatoms. The Kier molecular flexibility index (Phi) is 24.0. The normalized spacial score (nSPS) is 13.0. The van der Waals surface area contributed by atoms with Crippen molar-refractivity contribution in [2.75, 3.05) is 0 Å². The topological polar surface area (TPSA) is 150 Å². The van der Waals surface area contributed by atoms with Crippen molar-refractivity contribution < 1.29 is 54.5 Å². The summed E-state index contributed by atoms with van der Waals surface area (Å²) in [6, 6.07) is 52.3. The first-order valence-electron chi connectivity index (χ1n) is 50.2. The van der Waals surface area contributed by atoms with Gasteiger partial charge in [0.2, 0.25) is 57.0 Å². The van der Waals surface area contributed by atoms with Gasteiger partial charge in [-0.05, 0) is 233 Å². The largest absolute Gasteiger partial charge is 0.437 e. The molecule has 0 saturated heterocycles. The summed E-state index contributed by atoms with van der Waals surface area (Å²) in [6.07, 6.45) is 11.4. The average molecular weight is 1780 g/mol. The van der Waals surface area contributed by atoms with Gasteiger partial charge in [-0.2, -0.15) is 0 Å². The third-order valence-electron chi connectivity index (χ3n) is 26.4. The molecule has 0 aliphatic heterocycles. The number of aromatic nitrogens is 10. The fraction of sp³-hybridized carbons (Fsp3) is 0.322. The van der Waals surface area contributed by atoms with Crippen LogP contribution in [0.3, 0.4) is 0 Å². The van der Waals surface area contributed by atoms with Crippen molar-refractivity contribution in [2.45, 2.75) is 221 Å². The van der Waals surface area contributed by atoms with Gasteiger partial charge < -0.3 is 22.1 Å². The predicted octanol–water partition coefficient (Wildman–Crippen LogP) is 28.3. The zero-order chi connectivity index (χ0) is 101. The van der Waals surface area contributed by atoms with E-state index in [1.165, 1.54) is 51.7 Å². The number of fused-ring (bicyclic) bond motifs is 15. The fourth-order valence-corrected chi connectivity index (χ4v) is 19.2. The van der Waals surface area contributed by atoms with Crippen molar-refractivity contribution in [2.24, 2.45) is 35.2 Å². The molecule has 0 N–H and O–H groups in total. The summed E-state index contributed by atoms with van der Waals surface area (Å²) in [5.41, 5.74) is 37.0. The minimum atomic E-state index is -1.55. The van der Waals surface area contributed by atoms with Crippen LogP contribution in [0.2, 0.25) is 0 Å². The zero-order valence-electron chi connectivity index (χ0n) is 89.7. The molecular weight excluding hydrogens is 1640 g/mol. The van der Waals surface area contributed by atoms with E-state index >= 15 is 0 Å². The van der Waals surface area contributed by atoms with Crippen LogP contribution in [0, 0.1) is 55.4 Å². The molecular formula is C118H131N10O5+5. The Balaban J connectivity index is 0.000000126. The maximum absolute atomic E-state index is 8.64. The van der Waals surface area contributed by atoms with Gasteiger partial charge in [0.1, 0.15) is 35.2 Å². The molecule has 0 spiro atoms. The van der Waals surface area contributed by atoms with Crippen molar-refractivity contribution in [3.8, 4) is 56.3 Å². The van der Waals surface area contributed by atoms with Crippen molar-refractivity contribution in [3.05, 3.63) is 296 Å². The Morgan fingerprint density at radius 2 is 0.496 bits per heavy atom. The molecule has 0 saturated carbocycles. The van der Waals surface area contributed by atoms with Gasteiger partial charge in [0.05, 0.1) is 27.8 Å². The van der Waals surface area contributed by atoms with E-state index in [0.29, 0.717) is 51.5 Å². The highest BCUT2D eigenvalue weighted by Crippen LogP contribution is 2.45. The van der Waals surface area contributed by atoms with Gasteiger partial charge in [-0.15, -0.1) is 0 Å². The quantitative estimate of drug-likeness (QED) is 0.0908. The van der Waals surface area contributed by atoms with Crippen LogP contribution in [-0.2, 0) is 67.2 Å². The maximum atomic E-state index is 8.64. The van der Waals surface area contributed by atoms with Crippen molar-refractivity contribution >= 4 is 110 Å². The van der Waals surface area contributed by atoms with Gasteiger partial charge in [0, 0.05) is 151 Å². The predicted molar refractivity (Wildman–Crippen MR) is 546 cm³/mol. The molecule has 0 aliphatic carbocycles. The van der Waals surface area contributed by atoms with E-state index in [1.807, 2.05) is 130 Å². The highest BCUT2D eigenvalue weighted by Gasteiger charge is 2.31. The molecule has 15 heterocycles. The van der Waals surface area contributed by atoms with E-state index in [-0.39, 0.29) is 11.8 Å². The van der Waals surface area contributed by atoms with Gasteiger partial charge in [0.25, 0.3) is 0 Å². The number of benzene rings is 5. The molecule has 133 heavy (non-hydrogen) atoms. The second kappa shape index (κ2) is 38.1. The highest BCUT2D eigenvalue weighted by atomic mass is 16.4. The number of hydrogen-bond donors (Lipinski definition) is 0. The van der Waals surface area contributed by atoms with Crippen molar-refractivity contribution in [3.63, 3.8) is 0 Å². The Morgan fingerprint density at radius 3 is 0.737 bits per heavy atom. The first-order chi connectivity index (χ1) is 66.0. The van der Waals surface area contributed by atoms with Gasteiger partial charge in [0.15, 0.2) is 58.9 Å². The van der Waals surface area contributed by atoms with E-state index in [9.17, 15) is 0 Å². The summed E-state index contributed by atoms with van der Waals surface area (Å²) in [4.78, 5) is 22.5. The summed E-state index contributed by atoms with van der Waals surface area (Å²) >= 11 is 0. The lowest BCUT2D eigenvalue weighted by Gasteiger charge is -2.13. The zero-order valence-corrected chi connectivity index (χ0v) is 82.7. The monoisotopic (exact) mass is 1780 g/mol. The molecule has 0 fully saturated rings. The molecule has 0 amide bonds. The summed E-state index contributed by atoms with van der Waals surface area (Å²) in [7, 11) is 10.1. The molecule has 0 unspecified atom stereocenters. The molecule has 0 radical (unpaired) electrons. The van der Waals surface area contributed by atoms with E-state index < -0.39 is 25.0 Å². The Morgan fingerprint density at radius 1 is 0.278 bits per heavy atom. The van der Waals surface area contributed by atoms with Crippen LogP contribution in [0.15, 0.2) is 217 Å². The van der Waals surface area contributed by atoms with Crippen LogP contribution in [0.5, 0.6) is 0 Å². The van der Waals surface area contributed by atoms with Crippen LogP contribution < -0.4 is 22.8 Å². The molecule has 0 atom stereocenters. The molecule has 0 aliphatic rings. The van der Waals surface area contributed by atoms with E-state index in [0.717, 1.165) is 196 Å². The van der Waals surface area contributed by atoms with Crippen LogP contribution >= 0.6 is 0 Å². The highest BCUT2D eigenvalue weighted by molar-refractivity contribution is 6.13. The first-order valence-corrected chi connectivity index (χ1v) is 46.7. The number of pyridine rings is 10. The Labute approximate surface area is 793 Å². The summed E-state index contributed by atoms with van der Waals surface area (Å²) in [5, 5.41) is 10.5. The Hall–Kier alpha value is -13.4. The second-order valence-electron chi connectivity index (χ2n) is 37.3. The maximum Gasteiger partial charge on any atom is 0.227 e. The summed E-state index contributed by atoms with van der Waals surface area (Å²) in [5.74, 6) is 0.443. The van der Waals surface area contributed by atoms with E-state index in [2.05, 4.69) is 261 Å². The first kappa shape index (κ1) is 83.9. The molecule has 20 aromatic rings. The summed E-state index contributed by atoms with van der Waals surface area (Å²) < 4.78 is 99.8. The number of nitrogens with zero attached hydrogens (tertiary/aromatic N) is 10. The molecule has 15 aromatic heterocycles. The molecule has 15 nitrogen and oxygen atoms in total.